The molecule has 0 N–H and O–H groups in total. The van der Waals surface area contributed by atoms with Crippen molar-refractivity contribution < 1.29 is 9.84 Å². The normalized spacial score (nSPS) is 15.0. The van der Waals surface area contributed by atoms with Crippen molar-refractivity contribution in [1.82, 2.24) is 0 Å². The third kappa shape index (κ3) is 5.50. The van der Waals surface area contributed by atoms with Gasteiger partial charge in [-0.1, -0.05) is 83.3 Å². The molecule has 0 saturated heterocycles. The first-order valence-corrected chi connectivity index (χ1v) is 9.35. The standard InChI is InChI=1S/C16H14Cl3NO2S/c1-23(13-10-6-3-7-11-13)20-15(21)22-14(16(17,18)19)12-8-4-2-5-9-12/h2-11,14H,1H3/t14-,23?/m0/s1. The summed E-state index contributed by atoms with van der Waals surface area (Å²) < 4.78 is 7.53. The fourth-order valence-electron chi connectivity index (χ4n) is 1.86. The molecular formula is C16H14Cl3NO2S. The van der Waals surface area contributed by atoms with Crippen LogP contribution < -0.4 is 5.11 Å². The van der Waals surface area contributed by atoms with Crippen molar-refractivity contribution in [3.8, 4) is 0 Å². The number of hydrogen-bond acceptors (Lipinski definition) is 3. The van der Waals surface area contributed by atoms with Gasteiger partial charge in [-0.2, -0.15) is 0 Å². The molecule has 2 rings (SSSR count). The van der Waals surface area contributed by atoms with E-state index in [2.05, 4.69) is 4.40 Å². The van der Waals surface area contributed by atoms with E-state index < -0.39 is 27.1 Å². The van der Waals surface area contributed by atoms with Crippen LogP contribution in [0.25, 0.3) is 0 Å². The van der Waals surface area contributed by atoms with Crippen molar-refractivity contribution in [3.63, 3.8) is 0 Å². The van der Waals surface area contributed by atoms with Gasteiger partial charge in [0, 0.05) is 0 Å². The lowest BCUT2D eigenvalue weighted by atomic mass is 10.1. The van der Waals surface area contributed by atoms with Crippen LogP contribution in [0.2, 0.25) is 0 Å². The lowest BCUT2D eigenvalue weighted by molar-refractivity contribution is -0.255. The lowest BCUT2D eigenvalue weighted by Crippen LogP contribution is -2.30. The van der Waals surface area contributed by atoms with Crippen molar-refractivity contribution >= 4 is 52.0 Å². The summed E-state index contributed by atoms with van der Waals surface area (Å²) >= 11 is 17.2. The molecule has 0 fully saturated rings. The predicted octanol–water partition coefficient (Wildman–Crippen LogP) is 4.05. The van der Waals surface area contributed by atoms with Gasteiger partial charge in [-0.3, -0.25) is 0 Å². The molecular weight excluding hydrogens is 377 g/mol. The summed E-state index contributed by atoms with van der Waals surface area (Å²) in [6.45, 7) is 0. The van der Waals surface area contributed by atoms with E-state index >= 15 is 0 Å². The minimum atomic E-state index is -1.79. The number of alkyl halides is 3. The van der Waals surface area contributed by atoms with E-state index in [1.807, 2.05) is 42.7 Å². The molecule has 0 heterocycles. The molecule has 2 atom stereocenters. The summed E-state index contributed by atoms with van der Waals surface area (Å²) in [5.41, 5.74) is 0.590. The molecule has 0 saturated carbocycles. The van der Waals surface area contributed by atoms with Crippen LogP contribution in [0.15, 0.2) is 70.0 Å². The number of benzene rings is 2. The number of halogens is 3. The van der Waals surface area contributed by atoms with Gasteiger partial charge in [0.15, 0.2) is 16.0 Å². The van der Waals surface area contributed by atoms with Gasteiger partial charge in [0.1, 0.15) is 6.26 Å². The zero-order valence-electron chi connectivity index (χ0n) is 12.2. The minimum Gasteiger partial charge on any atom is -0.585 e. The first-order chi connectivity index (χ1) is 10.9. The van der Waals surface area contributed by atoms with Crippen LogP contribution >= 0.6 is 34.8 Å². The largest absolute Gasteiger partial charge is 0.585 e. The van der Waals surface area contributed by atoms with Gasteiger partial charge in [-0.25, -0.2) is 0 Å². The Hall–Kier alpha value is -1.07. The van der Waals surface area contributed by atoms with E-state index in [1.165, 1.54) is 0 Å². The molecule has 2 aromatic carbocycles. The highest BCUT2D eigenvalue weighted by molar-refractivity contribution is 7.95. The number of ether oxygens (including phenoxy) is 1. The van der Waals surface area contributed by atoms with Crippen molar-refractivity contribution in [2.75, 3.05) is 6.26 Å². The van der Waals surface area contributed by atoms with Crippen LogP contribution in [0.3, 0.4) is 0 Å². The monoisotopic (exact) mass is 389 g/mol. The van der Waals surface area contributed by atoms with Crippen LogP contribution in [0.5, 0.6) is 0 Å². The summed E-state index contributed by atoms with van der Waals surface area (Å²) in [6.07, 6.45) is 0.0290. The maximum atomic E-state index is 12.1. The van der Waals surface area contributed by atoms with E-state index in [0.29, 0.717) is 5.56 Å². The van der Waals surface area contributed by atoms with Crippen LogP contribution in [0, 0.1) is 0 Å². The predicted molar refractivity (Wildman–Crippen MR) is 96.0 cm³/mol. The molecule has 0 aliphatic rings. The highest BCUT2D eigenvalue weighted by Crippen LogP contribution is 2.42. The average molecular weight is 391 g/mol. The Balaban J connectivity index is 2.18. The summed E-state index contributed by atoms with van der Waals surface area (Å²) in [7, 11) is 0. The second-order valence-corrected chi connectivity index (χ2v) is 8.58. The number of rotatable bonds is 4. The number of hydrogen-bond donors (Lipinski definition) is 0. The molecule has 0 radical (unpaired) electrons. The summed E-state index contributed by atoms with van der Waals surface area (Å²) in [6, 6.07) is 18.3. The van der Waals surface area contributed by atoms with Crippen LogP contribution in [0.4, 0.5) is 0 Å². The molecule has 2 aromatic rings. The average Bonchev–Trinajstić information content (AvgIpc) is 2.53. The quantitative estimate of drug-likeness (QED) is 0.342. The highest BCUT2D eigenvalue weighted by Gasteiger charge is 2.32. The smallest absolute Gasteiger partial charge is 0.206 e. The van der Waals surface area contributed by atoms with Crippen molar-refractivity contribution in [2.24, 2.45) is 4.40 Å². The van der Waals surface area contributed by atoms with Crippen molar-refractivity contribution in [2.45, 2.75) is 14.8 Å². The molecule has 1 unspecified atom stereocenters. The third-order valence-corrected chi connectivity index (χ3v) is 4.89. The molecule has 0 aromatic heterocycles. The van der Waals surface area contributed by atoms with Gasteiger partial charge < -0.3 is 9.84 Å². The molecule has 0 bridgehead atoms. The SMILES string of the molecule is C[S+](/N=C(\[O-])O[C@@H](c1ccccc1)C(Cl)(Cl)Cl)c1ccccc1. The summed E-state index contributed by atoms with van der Waals surface area (Å²) in [5.74, 6) is 0. The fraction of sp³-hybridized carbons (Fsp3) is 0.188. The Morgan fingerprint density at radius 2 is 1.57 bits per heavy atom. The van der Waals surface area contributed by atoms with Crippen LogP contribution in [0.1, 0.15) is 11.7 Å². The Morgan fingerprint density at radius 1 is 1.04 bits per heavy atom. The molecule has 0 aliphatic heterocycles. The van der Waals surface area contributed by atoms with E-state index in [-0.39, 0.29) is 0 Å². The third-order valence-electron chi connectivity index (χ3n) is 2.91. The first kappa shape index (κ1) is 18.3. The van der Waals surface area contributed by atoms with Crippen LogP contribution in [-0.2, 0) is 15.8 Å². The molecule has 0 amide bonds. The molecule has 23 heavy (non-hydrogen) atoms. The van der Waals surface area contributed by atoms with Crippen molar-refractivity contribution in [1.29, 1.82) is 0 Å². The Labute approximate surface area is 153 Å². The Morgan fingerprint density at radius 3 is 2.09 bits per heavy atom. The van der Waals surface area contributed by atoms with Gasteiger partial charge in [-0.05, 0) is 22.1 Å². The zero-order chi connectivity index (χ0) is 16.9. The second kappa shape index (κ2) is 8.15. The van der Waals surface area contributed by atoms with E-state index in [0.717, 1.165) is 4.90 Å². The second-order valence-electron chi connectivity index (χ2n) is 4.60. The summed E-state index contributed by atoms with van der Waals surface area (Å²) in [5, 5.41) is 12.1. The Bertz CT molecular complexity index is 647. The summed E-state index contributed by atoms with van der Waals surface area (Å²) in [4.78, 5) is 0.926. The molecule has 3 nitrogen and oxygen atoms in total. The van der Waals surface area contributed by atoms with E-state index in [1.54, 1.807) is 24.3 Å². The van der Waals surface area contributed by atoms with Gasteiger partial charge in [0.25, 0.3) is 0 Å². The van der Waals surface area contributed by atoms with E-state index in [4.69, 9.17) is 39.5 Å². The van der Waals surface area contributed by atoms with Crippen LogP contribution in [-0.4, -0.2) is 16.1 Å². The molecule has 7 heteroatoms. The number of nitrogens with zero attached hydrogens (tertiary/aromatic N) is 1. The van der Waals surface area contributed by atoms with Gasteiger partial charge in [0.2, 0.25) is 9.88 Å². The van der Waals surface area contributed by atoms with Gasteiger partial charge >= 0.3 is 0 Å². The maximum Gasteiger partial charge on any atom is 0.206 e. The van der Waals surface area contributed by atoms with Gasteiger partial charge in [0.05, 0.1) is 6.10 Å². The lowest BCUT2D eigenvalue weighted by Gasteiger charge is -2.31. The zero-order valence-corrected chi connectivity index (χ0v) is 15.2. The molecule has 0 spiro atoms. The van der Waals surface area contributed by atoms with Gasteiger partial charge in [-0.15, -0.1) is 0 Å². The molecule has 0 aliphatic carbocycles. The van der Waals surface area contributed by atoms with Crippen molar-refractivity contribution in [3.05, 3.63) is 66.2 Å². The topological polar surface area (TPSA) is 44.7 Å². The highest BCUT2D eigenvalue weighted by atomic mass is 35.6. The Kier molecular flexibility index (Phi) is 6.48. The van der Waals surface area contributed by atoms with E-state index in [9.17, 15) is 5.11 Å². The first-order valence-electron chi connectivity index (χ1n) is 6.63. The fourth-order valence-corrected chi connectivity index (χ4v) is 3.29. The minimum absolute atomic E-state index is 0.590. The maximum absolute atomic E-state index is 12.1. The molecule has 122 valence electrons.